The minimum atomic E-state index is -4.60. The molecule has 104 valence electrons. The highest BCUT2D eigenvalue weighted by Crippen LogP contribution is 2.76. The van der Waals surface area contributed by atoms with Crippen LogP contribution in [0.4, 0.5) is 0 Å². The van der Waals surface area contributed by atoms with Crippen molar-refractivity contribution in [3.63, 3.8) is 0 Å². The smallest absolute Gasteiger partial charge is 0.302 e. The molecular weight excluding hydrogens is 300 g/mol. The molecule has 0 saturated carbocycles. The Labute approximate surface area is 112 Å². The van der Waals surface area contributed by atoms with E-state index in [1.165, 1.54) is 11.4 Å². The highest BCUT2D eigenvalue weighted by Gasteiger charge is 2.33. The van der Waals surface area contributed by atoms with Gasteiger partial charge in [0.1, 0.15) is 0 Å². The number of rotatable bonds is 3. The Morgan fingerprint density at radius 1 is 1.18 bits per heavy atom. The second-order valence-electron chi connectivity index (χ2n) is 5.54. The Kier molecular flexibility index (Phi) is 5.92. The topological polar surface area (TPSA) is 79.1 Å². The zero-order valence-electron chi connectivity index (χ0n) is 10.9. The van der Waals surface area contributed by atoms with Gasteiger partial charge >= 0.3 is 7.82 Å². The molecular formula is C8H21NO4P2S2. The first-order valence-corrected chi connectivity index (χ1v) is 10.7. The van der Waals surface area contributed by atoms with Gasteiger partial charge < -0.3 is 9.79 Å². The third-order valence-electron chi connectivity index (χ3n) is 1.03. The normalized spacial score (nSPS) is 17.7. The van der Waals surface area contributed by atoms with Crippen LogP contribution in [0.1, 0.15) is 41.5 Å². The molecule has 5 nitrogen and oxygen atoms in total. The molecule has 0 rings (SSSR count). The van der Waals surface area contributed by atoms with Gasteiger partial charge in [0.15, 0.2) is 0 Å². The largest absolute Gasteiger partial charge is 0.475 e. The van der Waals surface area contributed by atoms with E-state index in [1.807, 2.05) is 41.5 Å². The molecule has 0 aliphatic heterocycles. The monoisotopic (exact) mass is 321 g/mol. The molecule has 0 aromatic carbocycles. The summed E-state index contributed by atoms with van der Waals surface area (Å²) in [4.78, 5) is 17.9. The molecule has 0 heterocycles. The molecule has 0 aliphatic carbocycles. The molecule has 0 aromatic heterocycles. The summed E-state index contributed by atoms with van der Waals surface area (Å²) in [7, 11) is -4.60. The maximum atomic E-state index is 11.0. The van der Waals surface area contributed by atoms with E-state index in [1.54, 1.807) is 0 Å². The fraction of sp³-hybridized carbons (Fsp3) is 1.00. The van der Waals surface area contributed by atoms with Crippen molar-refractivity contribution in [3.8, 4) is 0 Å². The molecule has 1 unspecified atom stereocenters. The SMILES string of the molecule is CC(C)(C)N=P(S)(OP(=O)(O)O)SC(C)(C)C. The molecule has 0 amide bonds. The Balaban J connectivity index is 5.39. The predicted octanol–water partition coefficient (Wildman–Crippen LogP) is 4.30. The van der Waals surface area contributed by atoms with Gasteiger partial charge in [-0.1, -0.05) is 44.4 Å². The Morgan fingerprint density at radius 2 is 1.59 bits per heavy atom. The molecule has 0 radical (unpaired) electrons. The predicted molar refractivity (Wildman–Crippen MR) is 78.6 cm³/mol. The third-order valence-corrected chi connectivity index (χ3v) is 9.23. The van der Waals surface area contributed by atoms with E-state index < -0.39 is 19.0 Å². The van der Waals surface area contributed by atoms with Crippen molar-refractivity contribution in [2.75, 3.05) is 0 Å². The molecule has 9 heteroatoms. The fourth-order valence-corrected chi connectivity index (χ4v) is 11.8. The van der Waals surface area contributed by atoms with Crippen LogP contribution in [-0.4, -0.2) is 20.1 Å². The number of hydrogen-bond acceptors (Lipinski definition) is 4. The first-order chi connectivity index (χ1) is 7.12. The van der Waals surface area contributed by atoms with Crippen molar-refractivity contribution in [2.45, 2.75) is 51.8 Å². The van der Waals surface area contributed by atoms with E-state index in [4.69, 9.17) is 14.1 Å². The maximum Gasteiger partial charge on any atom is 0.475 e. The maximum absolute atomic E-state index is 11.0. The van der Waals surface area contributed by atoms with Crippen LogP contribution in [0.3, 0.4) is 0 Å². The van der Waals surface area contributed by atoms with Crippen molar-refractivity contribution in [3.05, 3.63) is 0 Å². The van der Waals surface area contributed by atoms with Crippen molar-refractivity contribution < 1.29 is 18.7 Å². The molecule has 2 N–H and O–H groups in total. The number of phosphoric acid groups is 1. The van der Waals surface area contributed by atoms with Crippen LogP contribution in [0.25, 0.3) is 0 Å². The molecule has 0 aromatic rings. The highest BCUT2D eigenvalue weighted by molar-refractivity contribution is 8.86. The second kappa shape index (κ2) is 5.58. The summed E-state index contributed by atoms with van der Waals surface area (Å²) in [6.45, 7) is 11.3. The van der Waals surface area contributed by atoms with Crippen LogP contribution >= 0.6 is 37.1 Å². The van der Waals surface area contributed by atoms with Gasteiger partial charge in [-0.3, -0.25) is 4.74 Å². The Hall–Kier alpha value is 1.04. The van der Waals surface area contributed by atoms with Crippen LogP contribution in [0.5, 0.6) is 0 Å². The Bertz CT molecular complexity index is 367. The average molecular weight is 321 g/mol. The van der Waals surface area contributed by atoms with E-state index in [0.29, 0.717) is 0 Å². The van der Waals surface area contributed by atoms with Crippen molar-refractivity contribution in [1.29, 1.82) is 0 Å². The molecule has 0 saturated heterocycles. The summed E-state index contributed by atoms with van der Waals surface area (Å²) < 4.78 is 19.9. The van der Waals surface area contributed by atoms with Crippen molar-refractivity contribution in [1.82, 2.24) is 0 Å². The van der Waals surface area contributed by atoms with Gasteiger partial charge in [-0.15, -0.1) is 0 Å². The number of thiol groups is 1. The summed E-state index contributed by atoms with van der Waals surface area (Å²) in [5.41, 5.74) is -3.33. The Morgan fingerprint density at radius 3 is 1.82 bits per heavy atom. The van der Waals surface area contributed by atoms with Crippen LogP contribution < -0.4 is 0 Å². The average Bonchev–Trinajstić information content (AvgIpc) is 1.65. The summed E-state index contributed by atoms with van der Waals surface area (Å²) >= 11 is 5.54. The summed E-state index contributed by atoms with van der Waals surface area (Å²) in [5.74, 6) is 0. The lowest BCUT2D eigenvalue weighted by atomic mass is 10.1. The van der Waals surface area contributed by atoms with E-state index in [0.717, 1.165) is 0 Å². The molecule has 0 bridgehead atoms. The van der Waals surface area contributed by atoms with Crippen LogP contribution in [0.2, 0.25) is 0 Å². The number of nitrogens with zero attached hydrogens (tertiary/aromatic N) is 1. The first kappa shape index (κ1) is 18.0. The van der Waals surface area contributed by atoms with Crippen LogP contribution in [0, 0.1) is 0 Å². The standard InChI is InChI=1S/C8H21NO4P2S2/c1-7(2,3)9-14(16,13-15(10,11)12)17-8(4,5)6/h16H,1-6H3,(H2,10,11,12). The van der Waals surface area contributed by atoms with Gasteiger partial charge in [0.05, 0.1) is 5.54 Å². The minimum Gasteiger partial charge on any atom is -0.302 e. The van der Waals surface area contributed by atoms with E-state index in [2.05, 4.69) is 17.0 Å². The highest BCUT2D eigenvalue weighted by atomic mass is 33.1. The quantitative estimate of drug-likeness (QED) is 0.533. The van der Waals surface area contributed by atoms with Gasteiger partial charge in [0.2, 0.25) is 5.69 Å². The van der Waals surface area contributed by atoms with Gasteiger partial charge in [-0.25, -0.2) is 8.88 Å². The third kappa shape index (κ3) is 10.6. The van der Waals surface area contributed by atoms with E-state index in [9.17, 15) is 4.57 Å². The van der Waals surface area contributed by atoms with Gasteiger partial charge in [-0.05, 0) is 20.8 Å². The minimum absolute atomic E-state index is 0.251. The lowest BCUT2D eigenvalue weighted by molar-refractivity contribution is 0.295. The summed E-state index contributed by atoms with van der Waals surface area (Å²) in [6.07, 6.45) is 0. The van der Waals surface area contributed by atoms with Gasteiger partial charge in [0.25, 0.3) is 0 Å². The van der Waals surface area contributed by atoms with Crippen LogP contribution in [0.15, 0.2) is 4.74 Å². The van der Waals surface area contributed by atoms with Crippen LogP contribution in [-0.2, 0) is 8.88 Å². The lowest BCUT2D eigenvalue weighted by Crippen LogP contribution is -2.11. The first-order valence-electron chi connectivity index (χ1n) is 4.96. The zero-order chi connectivity index (χ0) is 14.1. The van der Waals surface area contributed by atoms with Gasteiger partial charge in [0, 0.05) is 4.75 Å². The second-order valence-corrected chi connectivity index (χ2v) is 14.2. The van der Waals surface area contributed by atoms with Crippen molar-refractivity contribution in [2.24, 2.45) is 4.74 Å². The molecule has 1 atom stereocenters. The molecule has 0 aliphatic rings. The molecule has 0 spiro atoms. The summed E-state index contributed by atoms with van der Waals surface area (Å²) in [5, 5.41) is 0. The lowest BCUT2D eigenvalue weighted by Gasteiger charge is -2.29. The summed E-state index contributed by atoms with van der Waals surface area (Å²) in [6, 6.07) is 0. The number of hydrogen-bond donors (Lipinski definition) is 3. The van der Waals surface area contributed by atoms with Crippen molar-refractivity contribution >= 4 is 37.1 Å². The molecule has 0 fully saturated rings. The van der Waals surface area contributed by atoms with E-state index >= 15 is 0 Å². The van der Waals surface area contributed by atoms with Gasteiger partial charge in [-0.2, -0.15) is 0 Å². The molecule has 17 heavy (non-hydrogen) atoms. The van der Waals surface area contributed by atoms with E-state index in [-0.39, 0.29) is 4.75 Å². The fourth-order valence-electron chi connectivity index (χ4n) is 0.930. The zero-order valence-corrected chi connectivity index (χ0v) is 14.4.